The van der Waals surface area contributed by atoms with Crippen molar-refractivity contribution in [3.8, 4) is 0 Å². The summed E-state index contributed by atoms with van der Waals surface area (Å²) in [6, 6.07) is 10.5. The molecule has 0 unspecified atom stereocenters. The van der Waals surface area contributed by atoms with Gasteiger partial charge in [0.2, 0.25) is 0 Å². The number of aromatic nitrogens is 2. The molecule has 2 atom stereocenters. The first kappa shape index (κ1) is 16.5. The lowest BCUT2D eigenvalue weighted by Gasteiger charge is -2.17. The number of nitrogens with one attached hydrogen (secondary N) is 2. The molecular formula is C18H25N5O. The molecule has 0 saturated carbocycles. The van der Waals surface area contributed by atoms with Gasteiger partial charge in [0.25, 0.3) is 0 Å². The minimum Gasteiger partial charge on any atom is -0.334 e. The van der Waals surface area contributed by atoms with Crippen LogP contribution < -0.4 is 10.6 Å². The topological polar surface area (TPSA) is 62.2 Å². The standard InChI is InChI=1S/C18H25N5O/c1-14-10-23(12-15-6-4-3-5-7-15)13-17(14)21-18(24)19-8-16-9-20-22(2)11-16/h3-7,9,11,14,17H,8,10,12-13H2,1-2H3,(H2,19,21,24)/t14-,17+/m0/s1. The largest absolute Gasteiger partial charge is 0.334 e. The molecule has 0 bridgehead atoms. The first-order valence-corrected chi connectivity index (χ1v) is 8.38. The molecule has 128 valence electrons. The summed E-state index contributed by atoms with van der Waals surface area (Å²) in [6.07, 6.45) is 3.67. The fraction of sp³-hybridized carbons (Fsp3) is 0.444. The molecule has 1 aromatic carbocycles. The van der Waals surface area contributed by atoms with Gasteiger partial charge in [-0.3, -0.25) is 9.58 Å². The number of carbonyl (C=O) groups is 1. The average Bonchev–Trinajstić information content (AvgIpc) is 3.12. The van der Waals surface area contributed by atoms with Gasteiger partial charge in [-0.2, -0.15) is 5.10 Å². The van der Waals surface area contributed by atoms with Crippen LogP contribution >= 0.6 is 0 Å². The van der Waals surface area contributed by atoms with Gasteiger partial charge in [-0.1, -0.05) is 37.3 Å². The molecule has 2 N–H and O–H groups in total. The van der Waals surface area contributed by atoms with Gasteiger partial charge in [0.1, 0.15) is 0 Å². The number of urea groups is 1. The second-order valence-corrected chi connectivity index (χ2v) is 6.61. The van der Waals surface area contributed by atoms with E-state index < -0.39 is 0 Å². The molecule has 1 saturated heterocycles. The molecule has 1 aliphatic rings. The van der Waals surface area contributed by atoms with E-state index >= 15 is 0 Å². The van der Waals surface area contributed by atoms with Crippen LogP contribution in [0.2, 0.25) is 0 Å². The van der Waals surface area contributed by atoms with Gasteiger partial charge >= 0.3 is 6.03 Å². The third-order valence-electron chi connectivity index (χ3n) is 4.46. The first-order valence-electron chi connectivity index (χ1n) is 8.38. The lowest BCUT2D eigenvalue weighted by atomic mass is 10.1. The van der Waals surface area contributed by atoms with Crippen LogP contribution in [0, 0.1) is 5.92 Å². The average molecular weight is 327 g/mol. The second kappa shape index (κ2) is 7.49. The van der Waals surface area contributed by atoms with Gasteiger partial charge in [0.15, 0.2) is 0 Å². The van der Waals surface area contributed by atoms with Crippen molar-refractivity contribution < 1.29 is 4.79 Å². The Morgan fingerprint density at radius 1 is 1.25 bits per heavy atom. The van der Waals surface area contributed by atoms with Gasteiger partial charge < -0.3 is 10.6 Å². The second-order valence-electron chi connectivity index (χ2n) is 6.61. The Balaban J connectivity index is 1.45. The molecule has 0 radical (unpaired) electrons. The molecule has 2 heterocycles. The first-order chi connectivity index (χ1) is 11.6. The van der Waals surface area contributed by atoms with Crippen LogP contribution in [0.5, 0.6) is 0 Å². The van der Waals surface area contributed by atoms with E-state index in [-0.39, 0.29) is 12.1 Å². The third kappa shape index (κ3) is 4.35. The van der Waals surface area contributed by atoms with E-state index in [4.69, 9.17) is 0 Å². The maximum Gasteiger partial charge on any atom is 0.315 e. The predicted octanol–water partition coefficient (Wildman–Crippen LogP) is 1.74. The van der Waals surface area contributed by atoms with Gasteiger partial charge in [-0.15, -0.1) is 0 Å². The number of benzene rings is 1. The van der Waals surface area contributed by atoms with E-state index in [1.165, 1.54) is 5.56 Å². The lowest BCUT2D eigenvalue weighted by Crippen LogP contribution is -2.45. The summed E-state index contributed by atoms with van der Waals surface area (Å²) in [4.78, 5) is 14.5. The zero-order chi connectivity index (χ0) is 16.9. The van der Waals surface area contributed by atoms with E-state index in [9.17, 15) is 4.79 Å². The maximum atomic E-state index is 12.1. The highest BCUT2D eigenvalue weighted by atomic mass is 16.2. The molecule has 6 nitrogen and oxygen atoms in total. The Labute approximate surface area is 142 Å². The van der Waals surface area contributed by atoms with Crippen molar-refractivity contribution in [2.24, 2.45) is 13.0 Å². The van der Waals surface area contributed by atoms with Gasteiger partial charge in [-0.25, -0.2) is 4.79 Å². The smallest absolute Gasteiger partial charge is 0.315 e. The summed E-state index contributed by atoms with van der Waals surface area (Å²) < 4.78 is 1.73. The van der Waals surface area contributed by atoms with Crippen LogP contribution in [0.4, 0.5) is 4.79 Å². The van der Waals surface area contributed by atoms with E-state index in [1.54, 1.807) is 10.9 Å². The molecule has 0 aliphatic carbocycles. The zero-order valence-electron chi connectivity index (χ0n) is 14.3. The summed E-state index contributed by atoms with van der Waals surface area (Å²) in [5.74, 6) is 0.442. The van der Waals surface area contributed by atoms with Crippen LogP contribution in [0.1, 0.15) is 18.1 Å². The normalized spacial score (nSPS) is 20.9. The van der Waals surface area contributed by atoms with Crippen molar-refractivity contribution in [3.63, 3.8) is 0 Å². The number of nitrogens with zero attached hydrogens (tertiary/aromatic N) is 3. The summed E-state index contributed by atoms with van der Waals surface area (Å²) in [5.41, 5.74) is 2.31. The van der Waals surface area contributed by atoms with Crippen LogP contribution in [0.25, 0.3) is 0 Å². The Hall–Kier alpha value is -2.34. The van der Waals surface area contributed by atoms with E-state index in [0.29, 0.717) is 12.5 Å². The van der Waals surface area contributed by atoms with Crippen molar-refractivity contribution in [3.05, 3.63) is 53.9 Å². The molecule has 6 heteroatoms. The Kier molecular flexibility index (Phi) is 5.15. The van der Waals surface area contributed by atoms with Crippen molar-refractivity contribution in [1.29, 1.82) is 0 Å². The quantitative estimate of drug-likeness (QED) is 0.879. The van der Waals surface area contributed by atoms with Crippen molar-refractivity contribution in [2.45, 2.75) is 26.1 Å². The minimum atomic E-state index is -0.114. The maximum absolute atomic E-state index is 12.1. The fourth-order valence-corrected chi connectivity index (χ4v) is 3.19. The number of aryl methyl sites for hydroxylation is 1. The van der Waals surface area contributed by atoms with Crippen molar-refractivity contribution in [2.75, 3.05) is 13.1 Å². The van der Waals surface area contributed by atoms with Crippen LogP contribution in [-0.4, -0.2) is 39.8 Å². The van der Waals surface area contributed by atoms with Gasteiger partial charge in [0.05, 0.1) is 6.20 Å². The summed E-state index contributed by atoms with van der Waals surface area (Å²) in [6.45, 7) is 5.51. The molecule has 1 aromatic heterocycles. The molecule has 2 aromatic rings. The highest BCUT2D eigenvalue weighted by Crippen LogP contribution is 2.18. The summed E-state index contributed by atoms with van der Waals surface area (Å²) in [7, 11) is 1.87. The summed E-state index contributed by atoms with van der Waals surface area (Å²) >= 11 is 0. The Bertz CT molecular complexity index is 669. The summed E-state index contributed by atoms with van der Waals surface area (Å²) in [5, 5.41) is 10.1. The SMILES string of the molecule is C[C@H]1CN(Cc2ccccc2)C[C@H]1NC(=O)NCc1cnn(C)c1. The molecule has 2 amide bonds. The molecule has 24 heavy (non-hydrogen) atoms. The number of likely N-dealkylation sites (tertiary alicyclic amines) is 1. The molecular weight excluding hydrogens is 302 g/mol. The highest BCUT2D eigenvalue weighted by molar-refractivity contribution is 5.74. The molecule has 3 rings (SSSR count). The van der Waals surface area contributed by atoms with Gasteiger partial charge in [-0.05, 0) is 11.5 Å². The number of amides is 2. The number of hydrogen-bond acceptors (Lipinski definition) is 3. The number of rotatable bonds is 5. The van der Waals surface area contributed by atoms with E-state index in [0.717, 1.165) is 25.2 Å². The van der Waals surface area contributed by atoms with E-state index in [2.05, 4.69) is 51.8 Å². The minimum absolute atomic E-state index is 0.114. The Morgan fingerprint density at radius 3 is 2.75 bits per heavy atom. The van der Waals surface area contributed by atoms with Crippen molar-refractivity contribution >= 4 is 6.03 Å². The number of hydrogen-bond donors (Lipinski definition) is 2. The van der Waals surface area contributed by atoms with Crippen LogP contribution in [-0.2, 0) is 20.1 Å². The predicted molar refractivity (Wildman–Crippen MR) is 93.3 cm³/mol. The molecule has 1 aliphatic heterocycles. The van der Waals surface area contributed by atoms with Gasteiger partial charge in [0, 0.05) is 51.0 Å². The Morgan fingerprint density at radius 2 is 2.04 bits per heavy atom. The van der Waals surface area contributed by atoms with Crippen LogP contribution in [0.15, 0.2) is 42.7 Å². The molecule has 1 fully saturated rings. The number of carbonyl (C=O) groups excluding carboxylic acids is 1. The fourth-order valence-electron chi connectivity index (χ4n) is 3.19. The van der Waals surface area contributed by atoms with Crippen LogP contribution in [0.3, 0.4) is 0 Å². The van der Waals surface area contributed by atoms with E-state index in [1.807, 2.05) is 19.3 Å². The monoisotopic (exact) mass is 327 g/mol. The van der Waals surface area contributed by atoms with Crippen molar-refractivity contribution in [1.82, 2.24) is 25.3 Å². The third-order valence-corrected chi connectivity index (χ3v) is 4.46. The lowest BCUT2D eigenvalue weighted by molar-refractivity contribution is 0.234. The molecule has 0 spiro atoms. The highest BCUT2D eigenvalue weighted by Gasteiger charge is 2.30. The zero-order valence-corrected chi connectivity index (χ0v) is 14.3.